The van der Waals surface area contributed by atoms with Crippen molar-refractivity contribution in [1.29, 1.82) is 0 Å². The fourth-order valence-electron chi connectivity index (χ4n) is 4.58. The van der Waals surface area contributed by atoms with Crippen LogP contribution in [0, 0.1) is 16.7 Å². The number of nitrogens with one attached hydrogen (secondary N) is 1. The van der Waals surface area contributed by atoms with Crippen LogP contribution < -0.4 is 5.32 Å². The van der Waals surface area contributed by atoms with Gasteiger partial charge in [0.15, 0.2) is 9.84 Å². The highest BCUT2D eigenvalue weighted by Gasteiger charge is 2.58. The van der Waals surface area contributed by atoms with Crippen molar-refractivity contribution < 1.29 is 8.42 Å². The Morgan fingerprint density at radius 3 is 2.42 bits per heavy atom. The molecule has 0 spiro atoms. The van der Waals surface area contributed by atoms with Crippen LogP contribution >= 0.6 is 0 Å². The van der Waals surface area contributed by atoms with Crippen LogP contribution in [0.1, 0.15) is 53.4 Å². The molecule has 2 saturated carbocycles. The summed E-state index contributed by atoms with van der Waals surface area (Å²) in [5, 5.41) is 3.58. The van der Waals surface area contributed by atoms with Gasteiger partial charge in [-0.05, 0) is 42.4 Å². The van der Waals surface area contributed by atoms with Crippen molar-refractivity contribution in [3.63, 3.8) is 0 Å². The van der Waals surface area contributed by atoms with Gasteiger partial charge < -0.3 is 5.32 Å². The van der Waals surface area contributed by atoms with Crippen LogP contribution in [0.15, 0.2) is 0 Å². The highest BCUT2D eigenvalue weighted by Crippen LogP contribution is 2.62. The summed E-state index contributed by atoms with van der Waals surface area (Å²) in [5.41, 5.74) is 0.685. The van der Waals surface area contributed by atoms with E-state index in [2.05, 4.69) is 26.1 Å². The molecular formula is C15H29NO2S. The maximum atomic E-state index is 11.8. The lowest BCUT2D eigenvalue weighted by molar-refractivity contribution is 0.111. The fourth-order valence-corrected chi connectivity index (χ4v) is 5.84. The first-order valence-corrected chi connectivity index (χ1v) is 9.47. The molecule has 0 aromatic rings. The van der Waals surface area contributed by atoms with Crippen molar-refractivity contribution in [1.82, 2.24) is 5.32 Å². The second-order valence-corrected chi connectivity index (χ2v) is 9.76. The van der Waals surface area contributed by atoms with Gasteiger partial charge >= 0.3 is 0 Å². The molecule has 4 heteroatoms. The highest BCUT2D eigenvalue weighted by atomic mass is 32.2. The molecular weight excluding hydrogens is 258 g/mol. The summed E-state index contributed by atoms with van der Waals surface area (Å²) in [6, 6.07) is 0.468. The molecule has 0 aromatic carbocycles. The third-order valence-corrected chi connectivity index (χ3v) is 7.40. The van der Waals surface area contributed by atoms with Crippen LogP contribution in [0.2, 0.25) is 0 Å². The normalized spacial score (nSPS) is 36.8. The number of hydrogen-bond acceptors (Lipinski definition) is 3. The Morgan fingerprint density at radius 2 is 1.89 bits per heavy atom. The second kappa shape index (κ2) is 5.03. The number of rotatable bonds is 6. The average Bonchev–Trinajstić information content (AvgIpc) is 2.74. The zero-order chi connectivity index (χ0) is 14.3. The van der Waals surface area contributed by atoms with Crippen LogP contribution in [0.4, 0.5) is 0 Å². The van der Waals surface area contributed by atoms with Gasteiger partial charge in [-0.3, -0.25) is 0 Å². The molecule has 3 unspecified atom stereocenters. The molecule has 2 aliphatic rings. The van der Waals surface area contributed by atoms with E-state index in [-0.39, 0.29) is 5.75 Å². The van der Waals surface area contributed by atoms with Gasteiger partial charge in [0.25, 0.3) is 0 Å². The number of hydrogen-bond donors (Lipinski definition) is 1. The van der Waals surface area contributed by atoms with Crippen molar-refractivity contribution in [2.75, 3.05) is 18.1 Å². The molecule has 2 fully saturated rings. The maximum Gasteiger partial charge on any atom is 0.151 e. The summed E-state index contributed by atoms with van der Waals surface area (Å²) in [6.07, 6.45) is 4.66. The molecule has 3 nitrogen and oxygen atoms in total. The first-order valence-electron chi connectivity index (χ1n) is 7.65. The van der Waals surface area contributed by atoms with E-state index in [1.54, 1.807) is 0 Å². The van der Waals surface area contributed by atoms with Crippen LogP contribution in [-0.4, -0.2) is 32.5 Å². The zero-order valence-electron chi connectivity index (χ0n) is 12.8. The molecule has 3 atom stereocenters. The molecule has 19 heavy (non-hydrogen) atoms. The van der Waals surface area contributed by atoms with Gasteiger partial charge in [0, 0.05) is 18.3 Å². The van der Waals surface area contributed by atoms with Gasteiger partial charge in [0.1, 0.15) is 0 Å². The summed E-state index contributed by atoms with van der Waals surface area (Å²) in [7, 11) is -2.86. The molecule has 1 N–H and O–H groups in total. The zero-order valence-corrected chi connectivity index (χ0v) is 13.6. The van der Waals surface area contributed by atoms with Gasteiger partial charge in [0.2, 0.25) is 0 Å². The molecule has 0 radical (unpaired) electrons. The van der Waals surface area contributed by atoms with Crippen molar-refractivity contribution >= 4 is 9.84 Å². The van der Waals surface area contributed by atoms with Gasteiger partial charge in [-0.2, -0.15) is 0 Å². The summed E-state index contributed by atoms with van der Waals surface area (Å²) >= 11 is 0. The molecule has 112 valence electrons. The van der Waals surface area contributed by atoms with Crippen LogP contribution in [0.3, 0.4) is 0 Å². The van der Waals surface area contributed by atoms with E-state index in [4.69, 9.17) is 0 Å². The Balaban J connectivity index is 1.93. The molecule has 2 bridgehead atoms. The molecule has 2 rings (SSSR count). The van der Waals surface area contributed by atoms with E-state index in [1.165, 1.54) is 19.3 Å². The largest absolute Gasteiger partial charge is 0.312 e. The molecule has 0 aromatic heterocycles. The monoisotopic (exact) mass is 287 g/mol. The van der Waals surface area contributed by atoms with Gasteiger partial charge in [0.05, 0.1) is 5.75 Å². The minimum Gasteiger partial charge on any atom is -0.312 e. The third kappa shape index (κ3) is 2.85. The third-order valence-electron chi connectivity index (χ3n) is 5.55. The van der Waals surface area contributed by atoms with E-state index in [0.717, 1.165) is 12.3 Å². The summed E-state index contributed by atoms with van der Waals surface area (Å²) < 4.78 is 23.5. The van der Waals surface area contributed by atoms with Gasteiger partial charge in [-0.25, -0.2) is 8.42 Å². The van der Waals surface area contributed by atoms with Crippen LogP contribution in [0.5, 0.6) is 0 Å². The lowest BCUT2D eigenvalue weighted by atomic mass is 9.68. The number of fused-ring (bicyclic) bond motifs is 2. The molecule has 0 heterocycles. The Morgan fingerprint density at radius 1 is 1.21 bits per heavy atom. The number of sulfone groups is 1. The van der Waals surface area contributed by atoms with Crippen molar-refractivity contribution in [2.24, 2.45) is 16.7 Å². The second-order valence-electron chi connectivity index (χ2n) is 7.45. The van der Waals surface area contributed by atoms with Crippen molar-refractivity contribution in [2.45, 2.75) is 59.4 Å². The topological polar surface area (TPSA) is 46.2 Å². The fraction of sp³-hybridized carbons (Fsp3) is 1.00. The molecule has 0 saturated heterocycles. The SMILES string of the molecule is CCCS(=O)(=O)CCNC1C2(C)CCC(C2)C1(C)C. The highest BCUT2D eigenvalue weighted by molar-refractivity contribution is 7.91. The van der Waals surface area contributed by atoms with E-state index in [0.29, 0.717) is 29.2 Å². The van der Waals surface area contributed by atoms with E-state index in [9.17, 15) is 8.42 Å². The van der Waals surface area contributed by atoms with Crippen LogP contribution in [0.25, 0.3) is 0 Å². The predicted octanol–water partition coefficient (Wildman–Crippen LogP) is 2.62. The Bertz CT molecular complexity index is 425. The molecule has 0 aliphatic heterocycles. The summed E-state index contributed by atoms with van der Waals surface area (Å²) in [4.78, 5) is 0. The predicted molar refractivity (Wildman–Crippen MR) is 80.0 cm³/mol. The minimum atomic E-state index is -2.86. The van der Waals surface area contributed by atoms with Crippen molar-refractivity contribution in [3.05, 3.63) is 0 Å². The van der Waals surface area contributed by atoms with E-state index >= 15 is 0 Å². The lowest BCUT2D eigenvalue weighted by Gasteiger charge is -2.43. The Labute approximate surface area is 118 Å². The summed E-state index contributed by atoms with van der Waals surface area (Å²) in [5.74, 6) is 1.42. The molecule has 0 amide bonds. The lowest BCUT2D eigenvalue weighted by Crippen LogP contribution is -2.51. The average molecular weight is 287 g/mol. The first kappa shape index (κ1) is 15.3. The van der Waals surface area contributed by atoms with E-state index in [1.807, 2.05) is 6.92 Å². The maximum absolute atomic E-state index is 11.8. The standard InChI is InChI=1S/C15H29NO2S/c1-5-9-19(17,18)10-8-16-13-14(2,3)12-6-7-15(13,4)11-12/h12-13,16H,5-11H2,1-4H3. The van der Waals surface area contributed by atoms with Gasteiger partial charge in [-0.15, -0.1) is 0 Å². The Hall–Kier alpha value is -0.0900. The van der Waals surface area contributed by atoms with E-state index < -0.39 is 9.84 Å². The van der Waals surface area contributed by atoms with Crippen LogP contribution in [-0.2, 0) is 9.84 Å². The van der Waals surface area contributed by atoms with Crippen molar-refractivity contribution in [3.8, 4) is 0 Å². The Kier molecular flexibility index (Phi) is 4.05. The first-order chi connectivity index (χ1) is 8.71. The molecule has 2 aliphatic carbocycles. The summed E-state index contributed by atoms with van der Waals surface area (Å²) in [6.45, 7) is 9.60. The smallest absolute Gasteiger partial charge is 0.151 e. The quantitative estimate of drug-likeness (QED) is 0.817. The van der Waals surface area contributed by atoms with Gasteiger partial charge in [-0.1, -0.05) is 27.7 Å². The minimum absolute atomic E-state index is 0.286.